The highest BCUT2D eigenvalue weighted by Gasteiger charge is 2.21. The molecule has 0 aliphatic rings. The molecule has 0 bridgehead atoms. The molecule has 0 N–H and O–H groups in total. The molecule has 0 unspecified atom stereocenters. The molecule has 0 spiro atoms. The summed E-state index contributed by atoms with van der Waals surface area (Å²) in [6, 6.07) is 61.2. The molecule has 0 amide bonds. The average molecular weight is 668 g/mol. The van der Waals surface area contributed by atoms with Gasteiger partial charge in [0, 0.05) is 54.9 Å². The van der Waals surface area contributed by atoms with Crippen molar-refractivity contribution in [2.24, 2.45) is 0 Å². The summed E-state index contributed by atoms with van der Waals surface area (Å²) in [6.45, 7) is 0. The van der Waals surface area contributed by atoms with Gasteiger partial charge in [0.15, 0.2) is 0 Å². The van der Waals surface area contributed by atoms with Gasteiger partial charge in [-0.2, -0.15) is 0 Å². The predicted octanol–water partition coefficient (Wildman–Crippen LogP) is 14.2. The molecule has 4 nitrogen and oxygen atoms in total. The van der Waals surface area contributed by atoms with Crippen molar-refractivity contribution in [3.8, 4) is 22.3 Å². The SMILES string of the molecule is c1ccc(N(c2ccccc2)c2ccc3oc4cccc(-c5cccc6oc7ccc(-c8cccc9c8oc8ccccc89)cc7c56)c4c3c2)cc1. The van der Waals surface area contributed by atoms with Gasteiger partial charge in [0.25, 0.3) is 0 Å². The molecule has 4 heteroatoms. The summed E-state index contributed by atoms with van der Waals surface area (Å²) in [4.78, 5) is 2.29. The van der Waals surface area contributed by atoms with Crippen molar-refractivity contribution in [3.05, 3.63) is 176 Å². The van der Waals surface area contributed by atoms with E-state index in [9.17, 15) is 0 Å². The molecule has 52 heavy (non-hydrogen) atoms. The van der Waals surface area contributed by atoms with Crippen LogP contribution in [0.2, 0.25) is 0 Å². The third-order valence-electron chi connectivity index (χ3n) is 10.3. The average Bonchev–Trinajstić information content (AvgIpc) is 3.90. The van der Waals surface area contributed by atoms with Crippen LogP contribution in [-0.4, -0.2) is 0 Å². The molecule has 3 aromatic heterocycles. The second-order valence-corrected chi connectivity index (χ2v) is 13.2. The number of rotatable bonds is 5. The lowest BCUT2D eigenvalue weighted by molar-refractivity contribution is 0.668. The van der Waals surface area contributed by atoms with Crippen molar-refractivity contribution in [3.63, 3.8) is 0 Å². The van der Waals surface area contributed by atoms with Crippen molar-refractivity contribution in [1.82, 2.24) is 0 Å². The molecule has 0 saturated heterocycles. The topological polar surface area (TPSA) is 42.7 Å². The number of fused-ring (bicyclic) bond motifs is 9. The molecule has 0 aliphatic carbocycles. The van der Waals surface area contributed by atoms with E-state index in [-0.39, 0.29) is 0 Å². The highest BCUT2D eigenvalue weighted by molar-refractivity contribution is 6.20. The zero-order valence-corrected chi connectivity index (χ0v) is 27.9. The molecule has 0 fully saturated rings. The Morgan fingerprint density at radius 2 is 0.827 bits per heavy atom. The van der Waals surface area contributed by atoms with Crippen molar-refractivity contribution in [1.29, 1.82) is 0 Å². The molecule has 0 saturated carbocycles. The Morgan fingerprint density at radius 1 is 0.308 bits per heavy atom. The van der Waals surface area contributed by atoms with E-state index in [4.69, 9.17) is 13.3 Å². The van der Waals surface area contributed by atoms with Crippen LogP contribution in [0, 0.1) is 0 Å². The first-order valence-electron chi connectivity index (χ1n) is 17.5. The molecule has 11 rings (SSSR count). The summed E-state index contributed by atoms with van der Waals surface area (Å²) in [6.07, 6.45) is 0. The first-order valence-corrected chi connectivity index (χ1v) is 17.5. The van der Waals surface area contributed by atoms with Crippen LogP contribution in [0.3, 0.4) is 0 Å². The lowest BCUT2D eigenvalue weighted by Crippen LogP contribution is -2.09. The van der Waals surface area contributed by atoms with E-state index in [0.717, 1.165) is 105 Å². The molecule has 11 aromatic rings. The number of para-hydroxylation sites is 4. The minimum absolute atomic E-state index is 0.843. The van der Waals surface area contributed by atoms with Gasteiger partial charge in [0.2, 0.25) is 0 Å². The van der Waals surface area contributed by atoms with Crippen LogP contribution in [0.5, 0.6) is 0 Å². The van der Waals surface area contributed by atoms with E-state index in [0.29, 0.717) is 0 Å². The molecule has 0 radical (unpaired) electrons. The smallest absolute Gasteiger partial charge is 0.143 e. The molecule has 0 atom stereocenters. The summed E-state index contributed by atoms with van der Waals surface area (Å²) in [7, 11) is 0. The quantitative estimate of drug-likeness (QED) is 0.183. The van der Waals surface area contributed by atoms with Gasteiger partial charge in [0.1, 0.15) is 33.5 Å². The number of hydrogen-bond acceptors (Lipinski definition) is 4. The van der Waals surface area contributed by atoms with Crippen LogP contribution >= 0.6 is 0 Å². The Labute approximate surface area is 298 Å². The predicted molar refractivity (Wildman–Crippen MR) is 214 cm³/mol. The zero-order valence-electron chi connectivity index (χ0n) is 27.9. The fraction of sp³-hybridized carbons (Fsp3) is 0. The molecule has 8 aromatic carbocycles. The van der Waals surface area contributed by atoms with Gasteiger partial charge >= 0.3 is 0 Å². The fourth-order valence-electron chi connectivity index (χ4n) is 7.97. The Morgan fingerprint density at radius 3 is 1.52 bits per heavy atom. The summed E-state index contributed by atoms with van der Waals surface area (Å²) >= 11 is 0. The van der Waals surface area contributed by atoms with Crippen LogP contribution < -0.4 is 4.90 Å². The van der Waals surface area contributed by atoms with E-state index < -0.39 is 0 Å². The minimum atomic E-state index is 0.843. The number of hydrogen-bond donors (Lipinski definition) is 0. The Bertz CT molecular complexity index is 3090. The highest BCUT2D eigenvalue weighted by atomic mass is 16.3. The van der Waals surface area contributed by atoms with Gasteiger partial charge in [-0.25, -0.2) is 0 Å². The summed E-state index contributed by atoms with van der Waals surface area (Å²) in [5.74, 6) is 0. The summed E-state index contributed by atoms with van der Waals surface area (Å²) < 4.78 is 19.5. The van der Waals surface area contributed by atoms with Crippen LogP contribution in [-0.2, 0) is 0 Å². The van der Waals surface area contributed by atoms with E-state index >= 15 is 0 Å². The van der Waals surface area contributed by atoms with Crippen molar-refractivity contribution < 1.29 is 13.3 Å². The van der Waals surface area contributed by atoms with Gasteiger partial charge in [0.05, 0.1) is 0 Å². The maximum absolute atomic E-state index is 6.53. The van der Waals surface area contributed by atoms with Crippen LogP contribution in [0.25, 0.3) is 88.1 Å². The number of anilines is 3. The lowest BCUT2D eigenvalue weighted by atomic mass is 9.94. The standard InChI is InChI=1S/C48H29NO3/c1-3-12-31(13-4-1)49(32-14-5-2-6-15-32)33-25-27-43-40(29-33)47-37(19-11-23-45(47)51-43)36-18-10-22-44-46(36)39-28-30(24-26-42(39)50-44)34-17-9-20-38-35-16-7-8-21-41(35)52-48(34)38/h1-29H. The van der Waals surface area contributed by atoms with Crippen molar-refractivity contribution in [2.75, 3.05) is 4.90 Å². The maximum atomic E-state index is 6.53. The van der Waals surface area contributed by atoms with E-state index in [1.165, 1.54) is 0 Å². The Kier molecular flexibility index (Phi) is 6.22. The molecule has 244 valence electrons. The monoisotopic (exact) mass is 667 g/mol. The molecule has 3 heterocycles. The minimum Gasteiger partial charge on any atom is -0.456 e. The van der Waals surface area contributed by atoms with Gasteiger partial charge in [-0.3, -0.25) is 0 Å². The van der Waals surface area contributed by atoms with E-state index in [1.54, 1.807) is 0 Å². The molecular formula is C48H29NO3. The molecular weight excluding hydrogens is 639 g/mol. The van der Waals surface area contributed by atoms with Crippen molar-refractivity contribution >= 4 is 82.9 Å². The Hall–Kier alpha value is -7.04. The normalized spacial score (nSPS) is 11.8. The first-order chi connectivity index (χ1) is 25.8. The summed E-state index contributed by atoms with van der Waals surface area (Å²) in [5.41, 5.74) is 12.7. The third-order valence-corrected chi connectivity index (χ3v) is 10.3. The molecule has 0 aliphatic heterocycles. The second kappa shape index (κ2) is 11.2. The van der Waals surface area contributed by atoms with Crippen LogP contribution in [0.4, 0.5) is 17.1 Å². The van der Waals surface area contributed by atoms with Gasteiger partial charge in [-0.15, -0.1) is 0 Å². The van der Waals surface area contributed by atoms with Crippen LogP contribution in [0.1, 0.15) is 0 Å². The lowest BCUT2D eigenvalue weighted by Gasteiger charge is -2.25. The second-order valence-electron chi connectivity index (χ2n) is 13.2. The third kappa shape index (κ3) is 4.34. The fourth-order valence-corrected chi connectivity index (χ4v) is 7.97. The number of nitrogens with zero attached hydrogens (tertiary/aromatic N) is 1. The maximum Gasteiger partial charge on any atom is 0.143 e. The van der Waals surface area contributed by atoms with E-state index in [2.05, 4.69) is 157 Å². The van der Waals surface area contributed by atoms with Gasteiger partial charge in [-0.05, 0) is 89.5 Å². The Balaban J connectivity index is 1.13. The van der Waals surface area contributed by atoms with Gasteiger partial charge < -0.3 is 18.2 Å². The van der Waals surface area contributed by atoms with Crippen LogP contribution in [0.15, 0.2) is 189 Å². The number of benzene rings is 8. The number of furan rings is 3. The van der Waals surface area contributed by atoms with Crippen molar-refractivity contribution in [2.45, 2.75) is 0 Å². The summed E-state index contributed by atoms with van der Waals surface area (Å²) in [5, 5.41) is 6.50. The first kappa shape index (κ1) is 28.8. The van der Waals surface area contributed by atoms with E-state index in [1.807, 2.05) is 24.3 Å². The highest BCUT2D eigenvalue weighted by Crippen LogP contribution is 2.45. The zero-order chi connectivity index (χ0) is 34.2. The van der Waals surface area contributed by atoms with Gasteiger partial charge in [-0.1, -0.05) is 103 Å². The largest absolute Gasteiger partial charge is 0.456 e.